The molecule has 30 heavy (non-hydrogen) atoms. The van der Waals surface area contributed by atoms with Crippen molar-refractivity contribution in [2.24, 2.45) is 0 Å². The molecule has 4 amide bonds. The van der Waals surface area contributed by atoms with E-state index in [1.54, 1.807) is 29.2 Å². The SMILES string of the molecule is O=C(CN1C(=O)N[C@]2(CCc3ccccc32)C1=O)c1cccc(N2CCCC2=O)c1. The number of rotatable bonds is 4. The maximum atomic E-state index is 13.2. The van der Waals surface area contributed by atoms with Gasteiger partial charge in [-0.3, -0.25) is 19.3 Å². The molecule has 7 heteroatoms. The molecule has 5 rings (SSSR count). The lowest BCUT2D eigenvalue weighted by Gasteiger charge is -2.22. The van der Waals surface area contributed by atoms with Crippen LogP contribution < -0.4 is 10.2 Å². The van der Waals surface area contributed by atoms with Gasteiger partial charge in [0.15, 0.2) is 5.78 Å². The first kappa shape index (κ1) is 18.5. The number of urea groups is 1. The zero-order chi connectivity index (χ0) is 20.9. The van der Waals surface area contributed by atoms with Crippen LogP contribution in [0, 0.1) is 0 Å². The number of benzene rings is 2. The Bertz CT molecular complexity index is 1100. The molecule has 2 heterocycles. The van der Waals surface area contributed by atoms with Gasteiger partial charge >= 0.3 is 6.03 Å². The Morgan fingerprint density at radius 2 is 1.87 bits per heavy atom. The van der Waals surface area contributed by atoms with E-state index in [4.69, 9.17) is 0 Å². The molecule has 2 fully saturated rings. The first-order valence-corrected chi connectivity index (χ1v) is 10.2. The molecule has 2 aromatic carbocycles. The Morgan fingerprint density at radius 3 is 2.67 bits per heavy atom. The van der Waals surface area contributed by atoms with Crippen molar-refractivity contribution in [2.45, 2.75) is 31.2 Å². The molecule has 1 atom stereocenters. The molecule has 0 radical (unpaired) electrons. The van der Waals surface area contributed by atoms with Gasteiger partial charge in [0.2, 0.25) is 5.91 Å². The molecule has 0 aromatic heterocycles. The molecule has 0 saturated carbocycles. The highest BCUT2D eigenvalue weighted by Gasteiger charge is 2.55. The van der Waals surface area contributed by atoms with Crippen LogP contribution in [0.15, 0.2) is 48.5 Å². The summed E-state index contributed by atoms with van der Waals surface area (Å²) in [5.74, 6) is -0.678. The summed E-state index contributed by atoms with van der Waals surface area (Å²) in [6, 6.07) is 13.9. The number of carbonyl (C=O) groups is 4. The molecule has 0 unspecified atom stereocenters. The van der Waals surface area contributed by atoms with E-state index in [0.717, 1.165) is 22.4 Å². The summed E-state index contributed by atoms with van der Waals surface area (Å²) in [5.41, 5.74) is 1.83. The van der Waals surface area contributed by atoms with E-state index >= 15 is 0 Å². The van der Waals surface area contributed by atoms with Crippen molar-refractivity contribution >= 4 is 29.3 Å². The second kappa shape index (κ2) is 6.79. The van der Waals surface area contributed by atoms with E-state index in [-0.39, 0.29) is 24.1 Å². The highest BCUT2D eigenvalue weighted by atomic mass is 16.2. The number of fused-ring (bicyclic) bond motifs is 2. The van der Waals surface area contributed by atoms with Crippen molar-refractivity contribution in [1.29, 1.82) is 0 Å². The second-order valence-electron chi connectivity index (χ2n) is 8.01. The number of carbonyl (C=O) groups excluding carboxylic acids is 4. The van der Waals surface area contributed by atoms with Crippen LogP contribution in [-0.4, -0.2) is 41.6 Å². The third-order valence-corrected chi connectivity index (χ3v) is 6.28. The lowest BCUT2D eigenvalue weighted by molar-refractivity contribution is -0.131. The third-order valence-electron chi connectivity index (χ3n) is 6.28. The minimum absolute atomic E-state index is 0.0375. The van der Waals surface area contributed by atoms with Crippen LogP contribution in [0.3, 0.4) is 0 Å². The fraction of sp³-hybridized carbons (Fsp3) is 0.304. The van der Waals surface area contributed by atoms with Gasteiger partial charge in [-0.25, -0.2) is 4.79 Å². The number of imide groups is 1. The number of aryl methyl sites for hydroxylation is 1. The Labute approximate surface area is 173 Å². The van der Waals surface area contributed by atoms with Gasteiger partial charge in [-0.1, -0.05) is 36.4 Å². The highest BCUT2D eigenvalue weighted by molar-refractivity contribution is 6.12. The largest absolute Gasteiger partial charge is 0.325 e. The van der Waals surface area contributed by atoms with E-state index in [9.17, 15) is 19.2 Å². The standard InChI is InChI=1S/C23H21N3O4/c27-19(16-6-3-7-17(13-16)25-12-4-9-20(25)28)14-26-21(29)23(24-22(26)30)11-10-15-5-1-2-8-18(15)23/h1-3,5-8,13H,4,9-12,14H2,(H,24,30)/t23-/m0/s1. The van der Waals surface area contributed by atoms with Crippen molar-refractivity contribution < 1.29 is 19.2 Å². The lowest BCUT2D eigenvalue weighted by atomic mass is 9.92. The van der Waals surface area contributed by atoms with Crippen molar-refractivity contribution in [3.63, 3.8) is 0 Å². The number of amides is 4. The maximum Gasteiger partial charge on any atom is 0.325 e. The van der Waals surface area contributed by atoms with Crippen LogP contribution in [0.25, 0.3) is 0 Å². The van der Waals surface area contributed by atoms with Crippen LogP contribution >= 0.6 is 0 Å². The number of hydrogen-bond donors (Lipinski definition) is 1. The summed E-state index contributed by atoms with van der Waals surface area (Å²) in [7, 11) is 0. The molecular weight excluding hydrogens is 382 g/mol. The topological polar surface area (TPSA) is 86.8 Å². The number of hydrogen-bond acceptors (Lipinski definition) is 4. The molecule has 0 bridgehead atoms. The van der Waals surface area contributed by atoms with Crippen LogP contribution in [-0.2, 0) is 21.5 Å². The zero-order valence-electron chi connectivity index (χ0n) is 16.4. The van der Waals surface area contributed by atoms with Crippen LogP contribution in [0.4, 0.5) is 10.5 Å². The Kier molecular flexibility index (Phi) is 4.20. The second-order valence-corrected chi connectivity index (χ2v) is 8.01. The van der Waals surface area contributed by atoms with E-state index in [1.165, 1.54) is 0 Å². The van der Waals surface area contributed by atoms with Crippen molar-refractivity contribution in [2.75, 3.05) is 18.0 Å². The number of nitrogens with zero attached hydrogens (tertiary/aromatic N) is 2. The molecule has 1 N–H and O–H groups in total. The minimum Gasteiger partial charge on any atom is -0.319 e. The van der Waals surface area contributed by atoms with Gasteiger partial charge in [-0.05, 0) is 42.5 Å². The Balaban J connectivity index is 1.38. The molecule has 1 aliphatic carbocycles. The van der Waals surface area contributed by atoms with Crippen LogP contribution in [0.1, 0.15) is 40.7 Å². The lowest BCUT2D eigenvalue weighted by Crippen LogP contribution is -2.42. The van der Waals surface area contributed by atoms with Crippen LogP contribution in [0.5, 0.6) is 0 Å². The monoisotopic (exact) mass is 403 g/mol. The maximum absolute atomic E-state index is 13.2. The van der Waals surface area contributed by atoms with Gasteiger partial charge in [0, 0.05) is 24.2 Å². The van der Waals surface area contributed by atoms with Gasteiger partial charge in [0.1, 0.15) is 5.54 Å². The van der Waals surface area contributed by atoms with Gasteiger partial charge in [-0.15, -0.1) is 0 Å². The molecule has 3 aliphatic rings. The number of Topliss-reactive ketones (excluding diaryl/α,β-unsaturated/α-hetero) is 1. The Morgan fingerprint density at radius 1 is 1.03 bits per heavy atom. The predicted octanol–water partition coefficient (Wildman–Crippen LogP) is 2.39. The van der Waals surface area contributed by atoms with Gasteiger partial charge in [0.05, 0.1) is 6.54 Å². The molecule has 2 aromatic rings. The molecule has 2 aliphatic heterocycles. The summed E-state index contributed by atoms with van der Waals surface area (Å²) in [6.45, 7) is 0.303. The van der Waals surface area contributed by atoms with E-state index < -0.39 is 11.6 Å². The van der Waals surface area contributed by atoms with Crippen molar-refractivity contribution in [1.82, 2.24) is 10.2 Å². The normalized spacial score (nSPS) is 22.7. The van der Waals surface area contributed by atoms with Crippen molar-refractivity contribution in [3.05, 3.63) is 65.2 Å². The molecule has 7 nitrogen and oxygen atoms in total. The number of nitrogens with one attached hydrogen (secondary N) is 1. The number of ketones is 1. The van der Waals surface area contributed by atoms with E-state index in [1.807, 2.05) is 24.3 Å². The summed E-state index contributed by atoms with van der Waals surface area (Å²) in [4.78, 5) is 53.4. The predicted molar refractivity (Wildman–Crippen MR) is 109 cm³/mol. The highest BCUT2D eigenvalue weighted by Crippen LogP contribution is 2.41. The summed E-state index contributed by atoms with van der Waals surface area (Å²) in [5, 5.41) is 2.84. The first-order chi connectivity index (χ1) is 14.5. The third kappa shape index (κ3) is 2.73. The van der Waals surface area contributed by atoms with E-state index in [2.05, 4.69) is 5.32 Å². The van der Waals surface area contributed by atoms with Crippen molar-refractivity contribution in [3.8, 4) is 0 Å². The summed E-state index contributed by atoms with van der Waals surface area (Å²) in [6.07, 6.45) is 2.50. The number of anilines is 1. The minimum atomic E-state index is -1.07. The van der Waals surface area contributed by atoms with Gasteiger partial charge in [-0.2, -0.15) is 0 Å². The first-order valence-electron chi connectivity index (χ1n) is 10.2. The average molecular weight is 403 g/mol. The summed E-state index contributed by atoms with van der Waals surface area (Å²) >= 11 is 0. The summed E-state index contributed by atoms with van der Waals surface area (Å²) < 4.78 is 0. The smallest absolute Gasteiger partial charge is 0.319 e. The fourth-order valence-corrected chi connectivity index (χ4v) is 4.74. The average Bonchev–Trinajstić information content (AvgIpc) is 3.42. The molecular formula is C23H21N3O4. The molecule has 152 valence electrons. The Hall–Kier alpha value is -3.48. The van der Waals surface area contributed by atoms with E-state index in [0.29, 0.717) is 37.1 Å². The fourth-order valence-electron chi connectivity index (χ4n) is 4.74. The molecule has 2 saturated heterocycles. The quantitative estimate of drug-likeness (QED) is 0.627. The van der Waals surface area contributed by atoms with Gasteiger partial charge < -0.3 is 10.2 Å². The van der Waals surface area contributed by atoms with Crippen LogP contribution in [0.2, 0.25) is 0 Å². The molecule has 1 spiro atoms. The zero-order valence-corrected chi connectivity index (χ0v) is 16.4. The van der Waals surface area contributed by atoms with Gasteiger partial charge in [0.25, 0.3) is 5.91 Å².